The van der Waals surface area contributed by atoms with Crippen molar-refractivity contribution in [3.8, 4) is 11.8 Å². The summed E-state index contributed by atoms with van der Waals surface area (Å²) in [7, 11) is 0. The molecule has 0 saturated heterocycles. The van der Waals surface area contributed by atoms with Crippen LogP contribution in [0.2, 0.25) is 0 Å². The Kier molecular flexibility index (Phi) is 4.37. The highest BCUT2D eigenvalue weighted by molar-refractivity contribution is 5.37. The molecule has 1 atom stereocenters. The zero-order chi connectivity index (χ0) is 12.8. The van der Waals surface area contributed by atoms with E-state index in [1.54, 1.807) is 0 Å². The minimum atomic E-state index is -0.961. The number of nitro groups is 1. The maximum absolute atomic E-state index is 13.2. The van der Waals surface area contributed by atoms with E-state index in [2.05, 4.69) is 0 Å². The second kappa shape index (κ2) is 5.77. The highest BCUT2D eigenvalue weighted by atomic mass is 19.1. The van der Waals surface area contributed by atoms with E-state index in [9.17, 15) is 14.5 Å². The number of hydrogen-bond donors (Lipinski definition) is 1. The maximum atomic E-state index is 13.2. The number of halogens is 1. The molecule has 2 N–H and O–H groups in total. The molecule has 0 spiro atoms. The van der Waals surface area contributed by atoms with E-state index in [0.29, 0.717) is 6.42 Å². The fourth-order valence-electron chi connectivity index (χ4n) is 1.09. The van der Waals surface area contributed by atoms with Gasteiger partial charge in [0.1, 0.15) is 5.75 Å². The number of ether oxygens (including phenoxy) is 1. The van der Waals surface area contributed by atoms with Crippen LogP contribution < -0.4 is 10.5 Å². The molecule has 90 valence electrons. The van der Waals surface area contributed by atoms with Gasteiger partial charge in [0.2, 0.25) is 5.82 Å². The van der Waals surface area contributed by atoms with Gasteiger partial charge in [-0.1, -0.05) is 0 Å². The third-order valence-electron chi connectivity index (χ3n) is 1.98. The Hall–Kier alpha value is -2.20. The zero-order valence-electron chi connectivity index (χ0n) is 8.80. The molecule has 6 nitrogen and oxygen atoms in total. The van der Waals surface area contributed by atoms with Crippen molar-refractivity contribution in [3.05, 3.63) is 34.1 Å². The summed E-state index contributed by atoms with van der Waals surface area (Å²) in [5.74, 6) is -0.796. The van der Waals surface area contributed by atoms with E-state index >= 15 is 0 Å². The van der Waals surface area contributed by atoms with Gasteiger partial charge in [-0.25, -0.2) is 0 Å². The van der Waals surface area contributed by atoms with Crippen molar-refractivity contribution in [2.45, 2.75) is 12.5 Å². The molecule has 0 saturated carbocycles. The second-order valence-corrected chi connectivity index (χ2v) is 3.24. The van der Waals surface area contributed by atoms with Gasteiger partial charge in [-0.2, -0.15) is 9.65 Å². The molecular formula is C10H10FN3O3. The van der Waals surface area contributed by atoms with E-state index in [1.807, 2.05) is 6.07 Å². The number of nitrogens with two attached hydrogens (primary N) is 1. The van der Waals surface area contributed by atoms with Crippen molar-refractivity contribution < 1.29 is 14.1 Å². The summed E-state index contributed by atoms with van der Waals surface area (Å²) in [5.41, 5.74) is 4.72. The Balaban J connectivity index is 2.60. The number of rotatable bonds is 5. The van der Waals surface area contributed by atoms with Crippen LogP contribution in [0.1, 0.15) is 6.42 Å². The Labute approximate surface area is 96.6 Å². The molecule has 1 unspecified atom stereocenters. The largest absolute Gasteiger partial charge is 0.493 e. The van der Waals surface area contributed by atoms with Crippen molar-refractivity contribution >= 4 is 5.69 Å². The molecule has 1 aromatic rings. The molecule has 0 aromatic heterocycles. The van der Waals surface area contributed by atoms with Crippen LogP contribution in [0.25, 0.3) is 0 Å². The summed E-state index contributed by atoms with van der Waals surface area (Å²) in [5, 5.41) is 18.8. The van der Waals surface area contributed by atoms with Crippen LogP contribution in [0.5, 0.6) is 5.75 Å². The zero-order valence-corrected chi connectivity index (χ0v) is 8.80. The van der Waals surface area contributed by atoms with Gasteiger partial charge >= 0.3 is 5.69 Å². The van der Waals surface area contributed by atoms with Crippen LogP contribution in [0.4, 0.5) is 10.1 Å². The van der Waals surface area contributed by atoms with Crippen molar-refractivity contribution in [2.24, 2.45) is 5.73 Å². The van der Waals surface area contributed by atoms with Crippen LogP contribution in [0.15, 0.2) is 18.2 Å². The van der Waals surface area contributed by atoms with Crippen molar-refractivity contribution in [1.29, 1.82) is 5.26 Å². The van der Waals surface area contributed by atoms with E-state index in [0.717, 1.165) is 12.1 Å². The standard InChI is InChI=1S/C10H10FN3O3/c11-9-5-8(1-2-10(9)14(15)16)17-4-3-7(13)6-12/h1-2,5,7H,3-4,13H2. The van der Waals surface area contributed by atoms with E-state index in [-0.39, 0.29) is 12.4 Å². The lowest BCUT2D eigenvalue weighted by molar-refractivity contribution is -0.387. The molecule has 0 radical (unpaired) electrons. The van der Waals surface area contributed by atoms with Crippen LogP contribution in [0.3, 0.4) is 0 Å². The molecule has 0 aliphatic rings. The first-order chi connectivity index (χ1) is 8.04. The van der Waals surface area contributed by atoms with E-state index < -0.39 is 22.5 Å². The fraction of sp³-hybridized carbons (Fsp3) is 0.300. The Bertz CT molecular complexity index is 459. The monoisotopic (exact) mass is 239 g/mol. The van der Waals surface area contributed by atoms with Gasteiger partial charge in [0, 0.05) is 18.6 Å². The van der Waals surface area contributed by atoms with Gasteiger partial charge in [0.05, 0.1) is 23.6 Å². The van der Waals surface area contributed by atoms with Gasteiger partial charge in [0.15, 0.2) is 0 Å². The minimum Gasteiger partial charge on any atom is -0.493 e. The predicted octanol–water partition coefficient (Wildman–Crippen LogP) is 1.35. The van der Waals surface area contributed by atoms with Gasteiger partial charge in [-0.05, 0) is 6.07 Å². The molecule has 7 heteroatoms. The molecule has 0 heterocycles. The fourth-order valence-corrected chi connectivity index (χ4v) is 1.09. The molecule has 0 bridgehead atoms. The molecule has 1 aromatic carbocycles. The third kappa shape index (κ3) is 3.70. The lowest BCUT2D eigenvalue weighted by atomic mass is 10.2. The lowest BCUT2D eigenvalue weighted by Gasteiger charge is -2.06. The quantitative estimate of drug-likeness (QED) is 0.617. The number of nitriles is 1. The van der Waals surface area contributed by atoms with Crippen LogP contribution >= 0.6 is 0 Å². The lowest BCUT2D eigenvalue weighted by Crippen LogP contribution is -2.20. The first-order valence-corrected chi connectivity index (χ1v) is 4.76. The Morgan fingerprint density at radius 1 is 1.65 bits per heavy atom. The highest BCUT2D eigenvalue weighted by Crippen LogP contribution is 2.22. The summed E-state index contributed by atoms with van der Waals surface area (Å²) < 4.78 is 18.3. The molecule has 0 fully saturated rings. The molecule has 1 rings (SSSR count). The second-order valence-electron chi connectivity index (χ2n) is 3.24. The molecule has 0 amide bonds. The number of hydrogen-bond acceptors (Lipinski definition) is 5. The summed E-state index contributed by atoms with van der Waals surface area (Å²) in [4.78, 5) is 9.53. The normalized spacial score (nSPS) is 11.6. The number of nitrogens with zero attached hydrogens (tertiary/aromatic N) is 2. The average Bonchev–Trinajstić information content (AvgIpc) is 2.28. The Morgan fingerprint density at radius 3 is 2.88 bits per heavy atom. The first kappa shape index (κ1) is 12.9. The number of nitro benzene ring substituents is 1. The first-order valence-electron chi connectivity index (χ1n) is 4.76. The van der Waals surface area contributed by atoms with Crippen LogP contribution in [0, 0.1) is 27.3 Å². The van der Waals surface area contributed by atoms with Gasteiger partial charge in [-0.15, -0.1) is 0 Å². The van der Waals surface area contributed by atoms with E-state index in [1.165, 1.54) is 6.07 Å². The molecule has 0 aliphatic heterocycles. The van der Waals surface area contributed by atoms with Crippen molar-refractivity contribution in [3.63, 3.8) is 0 Å². The minimum absolute atomic E-state index is 0.145. The third-order valence-corrected chi connectivity index (χ3v) is 1.98. The summed E-state index contributed by atoms with van der Waals surface area (Å²) in [6.45, 7) is 0.145. The summed E-state index contributed by atoms with van der Waals surface area (Å²) in [6, 6.07) is 4.42. The van der Waals surface area contributed by atoms with Crippen LogP contribution in [-0.2, 0) is 0 Å². The van der Waals surface area contributed by atoms with Gasteiger partial charge in [0.25, 0.3) is 0 Å². The summed E-state index contributed by atoms with van der Waals surface area (Å²) in [6.07, 6.45) is 0.301. The predicted molar refractivity (Wildman–Crippen MR) is 56.8 cm³/mol. The number of benzene rings is 1. The van der Waals surface area contributed by atoms with Crippen LogP contribution in [-0.4, -0.2) is 17.6 Å². The molecule has 17 heavy (non-hydrogen) atoms. The van der Waals surface area contributed by atoms with Crippen molar-refractivity contribution in [1.82, 2.24) is 0 Å². The topological polar surface area (TPSA) is 102 Å². The SMILES string of the molecule is N#CC(N)CCOc1ccc([N+](=O)[O-])c(F)c1. The Morgan fingerprint density at radius 2 is 2.35 bits per heavy atom. The van der Waals surface area contributed by atoms with Crippen molar-refractivity contribution in [2.75, 3.05) is 6.61 Å². The highest BCUT2D eigenvalue weighted by Gasteiger charge is 2.14. The van der Waals surface area contributed by atoms with Gasteiger partial charge in [-0.3, -0.25) is 10.1 Å². The van der Waals surface area contributed by atoms with E-state index in [4.69, 9.17) is 15.7 Å². The van der Waals surface area contributed by atoms with Gasteiger partial charge < -0.3 is 10.5 Å². The molecular weight excluding hydrogens is 229 g/mol. The smallest absolute Gasteiger partial charge is 0.305 e. The summed E-state index contributed by atoms with van der Waals surface area (Å²) >= 11 is 0. The molecule has 0 aliphatic carbocycles. The maximum Gasteiger partial charge on any atom is 0.305 e. The average molecular weight is 239 g/mol.